The summed E-state index contributed by atoms with van der Waals surface area (Å²) < 4.78 is 18.6. The zero-order valence-corrected chi connectivity index (χ0v) is 8.72. The van der Waals surface area contributed by atoms with Gasteiger partial charge in [-0.2, -0.15) is 0 Å². The highest BCUT2D eigenvalue weighted by Gasteiger charge is 2.08. The van der Waals surface area contributed by atoms with E-state index < -0.39 is 0 Å². The third-order valence-corrected chi connectivity index (χ3v) is 1.93. The van der Waals surface area contributed by atoms with Crippen LogP contribution in [0.2, 0.25) is 0 Å². The largest absolute Gasteiger partial charge is 0.478 e. The first-order valence-corrected chi connectivity index (χ1v) is 4.79. The Balaban J connectivity index is 2.84. The molecule has 80 valence electrons. The van der Waals surface area contributed by atoms with Crippen molar-refractivity contribution in [2.75, 3.05) is 13.2 Å². The Morgan fingerprint density at radius 2 is 2.27 bits per heavy atom. The van der Waals surface area contributed by atoms with Crippen molar-refractivity contribution >= 4 is 0 Å². The molecule has 0 aliphatic carbocycles. The van der Waals surface area contributed by atoms with Gasteiger partial charge in [0, 0.05) is 0 Å². The van der Waals surface area contributed by atoms with Crippen LogP contribution in [0.25, 0.3) is 0 Å². The Morgan fingerprint density at radius 3 is 2.93 bits per heavy atom. The van der Waals surface area contributed by atoms with Crippen LogP contribution >= 0.6 is 0 Å². The molecule has 0 heterocycles. The molecule has 0 aromatic heterocycles. The fourth-order valence-corrected chi connectivity index (χ4v) is 1.25. The molecule has 0 spiro atoms. The molecule has 2 nitrogen and oxygen atoms in total. The zero-order valence-electron chi connectivity index (χ0n) is 8.72. The van der Waals surface area contributed by atoms with E-state index in [9.17, 15) is 4.39 Å². The van der Waals surface area contributed by atoms with Gasteiger partial charge >= 0.3 is 0 Å². The van der Waals surface area contributed by atoms with Crippen LogP contribution in [0, 0.1) is 17.7 Å². The van der Waals surface area contributed by atoms with Crippen molar-refractivity contribution in [3.05, 3.63) is 29.6 Å². The molecule has 0 bridgehead atoms. The summed E-state index contributed by atoms with van der Waals surface area (Å²) in [6, 6.07) is 4.83. The summed E-state index contributed by atoms with van der Waals surface area (Å²) in [4.78, 5) is 0. The maximum absolute atomic E-state index is 13.4. The molecule has 0 aliphatic heterocycles. The molecule has 3 heteroatoms. The van der Waals surface area contributed by atoms with E-state index in [4.69, 9.17) is 10.5 Å². The summed E-state index contributed by atoms with van der Waals surface area (Å²) in [7, 11) is 0. The molecule has 0 saturated carbocycles. The van der Waals surface area contributed by atoms with E-state index in [2.05, 4.69) is 11.8 Å². The van der Waals surface area contributed by atoms with Crippen molar-refractivity contribution < 1.29 is 9.13 Å². The minimum absolute atomic E-state index is 0.203. The minimum Gasteiger partial charge on any atom is -0.478 e. The summed E-state index contributed by atoms with van der Waals surface area (Å²) >= 11 is 0. The second-order valence-corrected chi connectivity index (χ2v) is 2.98. The van der Waals surface area contributed by atoms with Crippen molar-refractivity contribution in [2.45, 2.75) is 13.3 Å². The first kappa shape index (κ1) is 11.5. The van der Waals surface area contributed by atoms with E-state index in [1.165, 1.54) is 6.07 Å². The van der Waals surface area contributed by atoms with Crippen LogP contribution in [0.3, 0.4) is 0 Å². The Labute approximate surface area is 89.2 Å². The van der Waals surface area contributed by atoms with Gasteiger partial charge in [-0.1, -0.05) is 18.1 Å². The van der Waals surface area contributed by atoms with Crippen molar-refractivity contribution in [3.8, 4) is 17.6 Å². The third-order valence-electron chi connectivity index (χ3n) is 1.93. The van der Waals surface area contributed by atoms with Gasteiger partial charge in [-0.3, -0.25) is 0 Å². The van der Waals surface area contributed by atoms with Gasteiger partial charge in [0.2, 0.25) is 0 Å². The van der Waals surface area contributed by atoms with Gasteiger partial charge in [0.1, 0.15) is 6.61 Å². The molecule has 1 aromatic carbocycles. The molecule has 0 unspecified atom stereocenters. The Bertz CT molecular complexity index is 379. The van der Waals surface area contributed by atoms with E-state index in [-0.39, 0.29) is 18.2 Å². The molecule has 1 aromatic rings. The predicted molar refractivity (Wildman–Crippen MR) is 58.1 cm³/mol. The smallest absolute Gasteiger partial charge is 0.165 e. The number of halogens is 1. The van der Waals surface area contributed by atoms with Crippen LogP contribution in [-0.4, -0.2) is 13.2 Å². The van der Waals surface area contributed by atoms with Crippen LogP contribution in [0.4, 0.5) is 4.39 Å². The monoisotopic (exact) mass is 207 g/mol. The average molecular weight is 207 g/mol. The van der Waals surface area contributed by atoms with Gasteiger partial charge in [0.25, 0.3) is 0 Å². The average Bonchev–Trinajstić information content (AvgIpc) is 2.23. The third kappa shape index (κ3) is 3.26. The van der Waals surface area contributed by atoms with Gasteiger partial charge in [-0.15, -0.1) is 5.92 Å². The lowest BCUT2D eigenvalue weighted by Crippen LogP contribution is -2.06. The zero-order chi connectivity index (χ0) is 11.1. The maximum Gasteiger partial charge on any atom is 0.165 e. The predicted octanol–water partition coefficient (Wildman–Crippen LogP) is 1.73. The Kier molecular flexibility index (Phi) is 4.65. The molecule has 0 aliphatic rings. The first-order valence-electron chi connectivity index (χ1n) is 4.79. The van der Waals surface area contributed by atoms with E-state index in [0.717, 1.165) is 5.56 Å². The van der Waals surface area contributed by atoms with Crippen LogP contribution in [0.5, 0.6) is 5.75 Å². The van der Waals surface area contributed by atoms with E-state index in [1.807, 2.05) is 6.07 Å². The van der Waals surface area contributed by atoms with Gasteiger partial charge in [-0.05, 0) is 31.5 Å². The molecule has 1 rings (SSSR count). The molecule has 0 fully saturated rings. The number of hydrogen-bond acceptors (Lipinski definition) is 2. The Morgan fingerprint density at radius 1 is 1.47 bits per heavy atom. The lowest BCUT2D eigenvalue weighted by atomic mass is 10.1. The number of ether oxygens (including phenoxy) is 1. The summed E-state index contributed by atoms with van der Waals surface area (Å²) in [5.41, 5.74) is 6.22. The summed E-state index contributed by atoms with van der Waals surface area (Å²) in [5, 5.41) is 0. The highest BCUT2D eigenvalue weighted by atomic mass is 19.1. The number of hydrogen-bond donors (Lipinski definition) is 1. The standard InChI is InChI=1S/C12H14FNO/c1-2-3-9-15-12-10(7-8-14)5-4-6-11(12)13/h4-6H,7-9,14H2,1H3. The maximum atomic E-state index is 13.4. The molecule has 0 radical (unpaired) electrons. The summed E-state index contributed by atoms with van der Waals surface area (Å²) in [6.45, 7) is 2.39. The minimum atomic E-state index is -0.362. The topological polar surface area (TPSA) is 35.2 Å². The van der Waals surface area contributed by atoms with Gasteiger partial charge < -0.3 is 10.5 Å². The second-order valence-electron chi connectivity index (χ2n) is 2.98. The van der Waals surface area contributed by atoms with Gasteiger partial charge in [0.15, 0.2) is 11.6 Å². The fraction of sp³-hybridized carbons (Fsp3) is 0.333. The first-order chi connectivity index (χ1) is 7.29. The van der Waals surface area contributed by atoms with Crippen LogP contribution in [0.15, 0.2) is 18.2 Å². The quantitative estimate of drug-likeness (QED) is 0.763. The lowest BCUT2D eigenvalue weighted by Gasteiger charge is -2.09. The number of benzene rings is 1. The van der Waals surface area contributed by atoms with Crippen LogP contribution in [0.1, 0.15) is 12.5 Å². The van der Waals surface area contributed by atoms with Crippen molar-refractivity contribution in [2.24, 2.45) is 5.73 Å². The Hall–Kier alpha value is -1.53. The van der Waals surface area contributed by atoms with Gasteiger partial charge in [-0.25, -0.2) is 4.39 Å². The molecular formula is C12H14FNO. The van der Waals surface area contributed by atoms with Gasteiger partial charge in [0.05, 0.1) is 0 Å². The number of rotatable bonds is 4. The summed E-state index contributed by atoms with van der Waals surface area (Å²) in [5.74, 6) is 5.32. The van der Waals surface area contributed by atoms with Crippen molar-refractivity contribution in [3.63, 3.8) is 0 Å². The van der Waals surface area contributed by atoms with E-state index in [1.54, 1.807) is 13.0 Å². The molecular weight excluding hydrogens is 193 g/mol. The van der Waals surface area contributed by atoms with Crippen LogP contribution in [-0.2, 0) is 6.42 Å². The second kappa shape index (κ2) is 6.05. The molecule has 0 atom stereocenters. The highest BCUT2D eigenvalue weighted by molar-refractivity contribution is 5.35. The number of nitrogens with two attached hydrogens (primary N) is 1. The van der Waals surface area contributed by atoms with Crippen molar-refractivity contribution in [1.82, 2.24) is 0 Å². The highest BCUT2D eigenvalue weighted by Crippen LogP contribution is 2.22. The summed E-state index contributed by atoms with van der Waals surface area (Å²) in [6.07, 6.45) is 0.604. The van der Waals surface area contributed by atoms with Crippen molar-refractivity contribution in [1.29, 1.82) is 0 Å². The van der Waals surface area contributed by atoms with E-state index >= 15 is 0 Å². The SMILES string of the molecule is CC#CCOc1c(F)cccc1CCN. The molecule has 0 saturated heterocycles. The lowest BCUT2D eigenvalue weighted by molar-refractivity contribution is 0.344. The van der Waals surface area contributed by atoms with E-state index in [0.29, 0.717) is 13.0 Å². The fourth-order valence-electron chi connectivity index (χ4n) is 1.25. The normalized spacial score (nSPS) is 9.27. The number of para-hydroxylation sites is 1. The molecule has 0 amide bonds. The van der Waals surface area contributed by atoms with Crippen LogP contribution < -0.4 is 10.5 Å². The molecule has 2 N–H and O–H groups in total. The molecule has 15 heavy (non-hydrogen) atoms.